The van der Waals surface area contributed by atoms with E-state index in [0.717, 1.165) is 0 Å². The lowest BCUT2D eigenvalue weighted by Gasteiger charge is -2.05. The Balaban J connectivity index is 3.50. The first-order valence-electron chi connectivity index (χ1n) is 2.63. The van der Waals surface area contributed by atoms with Gasteiger partial charge in [-0.25, -0.2) is 0 Å². The van der Waals surface area contributed by atoms with Crippen molar-refractivity contribution in [2.45, 2.75) is 19.6 Å². The molecule has 9 heavy (non-hydrogen) atoms. The first-order valence-corrected chi connectivity index (χ1v) is 2.63. The van der Waals surface area contributed by atoms with Gasteiger partial charge in [-0.05, 0) is 0 Å². The van der Waals surface area contributed by atoms with Crippen LogP contribution >= 0.6 is 0 Å². The first kappa shape index (κ1) is 8.39. The molecular formula is C5H10O4. The van der Waals surface area contributed by atoms with Gasteiger partial charge >= 0.3 is 5.97 Å². The Hall–Kier alpha value is -0.610. The smallest absolute Gasteiger partial charge is 0.306 e. The van der Waals surface area contributed by atoms with Crippen LogP contribution in [-0.2, 0) is 4.79 Å². The van der Waals surface area contributed by atoms with E-state index in [0.29, 0.717) is 0 Å². The van der Waals surface area contributed by atoms with Gasteiger partial charge in [-0.15, -0.1) is 0 Å². The fourth-order valence-corrected chi connectivity index (χ4v) is 0.417. The molecule has 0 heterocycles. The largest absolute Gasteiger partial charge is 0.481 e. The number of aliphatic hydroxyl groups is 2. The van der Waals surface area contributed by atoms with Gasteiger partial charge in [-0.1, -0.05) is 6.92 Å². The third kappa shape index (κ3) is 3.93. The summed E-state index contributed by atoms with van der Waals surface area (Å²) in [6.45, 7) is 1.42. The standard InChI is InChI=1S/C5H10O4/c1-3(5(8)9)2-4(6)7/h3-4,6-7H,2H2,1H3,(H,8,9)/t3-/m1/s1. The molecule has 4 nitrogen and oxygen atoms in total. The highest BCUT2D eigenvalue weighted by atomic mass is 16.5. The molecule has 0 aromatic heterocycles. The molecule has 0 spiro atoms. The Bertz CT molecular complexity index is 99.1. The number of carboxylic acid groups (broad SMARTS) is 1. The Kier molecular flexibility index (Phi) is 3.19. The predicted octanol–water partition coefficient (Wildman–Crippen LogP) is -0.592. The van der Waals surface area contributed by atoms with Crippen LogP contribution in [-0.4, -0.2) is 27.6 Å². The van der Waals surface area contributed by atoms with E-state index in [1.807, 2.05) is 0 Å². The van der Waals surface area contributed by atoms with Gasteiger partial charge in [-0.3, -0.25) is 4.79 Å². The van der Waals surface area contributed by atoms with E-state index in [4.69, 9.17) is 15.3 Å². The average Bonchev–Trinajstić information content (AvgIpc) is 1.63. The Morgan fingerprint density at radius 2 is 2.00 bits per heavy atom. The molecule has 4 heteroatoms. The van der Waals surface area contributed by atoms with Crippen LogP contribution in [0.5, 0.6) is 0 Å². The van der Waals surface area contributed by atoms with Gasteiger partial charge in [0, 0.05) is 6.42 Å². The highest BCUT2D eigenvalue weighted by Gasteiger charge is 2.13. The fraction of sp³-hybridized carbons (Fsp3) is 0.800. The van der Waals surface area contributed by atoms with Gasteiger partial charge in [0.1, 0.15) is 0 Å². The van der Waals surface area contributed by atoms with Crippen LogP contribution in [0, 0.1) is 5.92 Å². The molecule has 0 radical (unpaired) electrons. The molecule has 0 aliphatic heterocycles. The SMILES string of the molecule is C[C@H](CC(O)O)C(=O)O. The fourth-order valence-electron chi connectivity index (χ4n) is 0.417. The Labute approximate surface area is 52.7 Å². The molecule has 0 fully saturated rings. The summed E-state index contributed by atoms with van der Waals surface area (Å²) in [6, 6.07) is 0. The van der Waals surface area contributed by atoms with Crippen molar-refractivity contribution in [3.8, 4) is 0 Å². The van der Waals surface area contributed by atoms with E-state index in [9.17, 15) is 4.79 Å². The summed E-state index contributed by atoms with van der Waals surface area (Å²) in [6.07, 6.45) is -1.63. The van der Waals surface area contributed by atoms with E-state index < -0.39 is 18.2 Å². The second-order valence-corrected chi connectivity index (χ2v) is 1.96. The zero-order valence-electron chi connectivity index (χ0n) is 5.11. The van der Waals surface area contributed by atoms with Gasteiger partial charge < -0.3 is 15.3 Å². The quantitative estimate of drug-likeness (QED) is 0.451. The maximum atomic E-state index is 10.0. The van der Waals surface area contributed by atoms with Crippen LogP contribution < -0.4 is 0 Å². The minimum Gasteiger partial charge on any atom is -0.481 e. The second kappa shape index (κ2) is 3.42. The molecule has 0 rings (SSSR count). The normalized spacial score (nSPS) is 13.8. The molecule has 3 N–H and O–H groups in total. The van der Waals surface area contributed by atoms with Crippen molar-refractivity contribution < 1.29 is 20.1 Å². The second-order valence-electron chi connectivity index (χ2n) is 1.96. The highest BCUT2D eigenvalue weighted by Crippen LogP contribution is 2.02. The van der Waals surface area contributed by atoms with Crippen molar-refractivity contribution in [3.05, 3.63) is 0 Å². The summed E-state index contributed by atoms with van der Waals surface area (Å²) >= 11 is 0. The zero-order chi connectivity index (χ0) is 7.44. The summed E-state index contributed by atoms with van der Waals surface area (Å²) < 4.78 is 0. The topological polar surface area (TPSA) is 77.8 Å². The number of aliphatic carboxylic acids is 1. The first-order chi connectivity index (χ1) is 4.04. The van der Waals surface area contributed by atoms with Crippen molar-refractivity contribution in [2.75, 3.05) is 0 Å². The zero-order valence-corrected chi connectivity index (χ0v) is 5.11. The summed E-state index contributed by atoms with van der Waals surface area (Å²) in [5.74, 6) is -1.70. The maximum Gasteiger partial charge on any atom is 0.306 e. The number of hydrogen-bond acceptors (Lipinski definition) is 3. The van der Waals surface area contributed by atoms with Crippen molar-refractivity contribution >= 4 is 5.97 Å². The van der Waals surface area contributed by atoms with Crippen molar-refractivity contribution in [2.24, 2.45) is 5.92 Å². The molecule has 0 aliphatic carbocycles. The van der Waals surface area contributed by atoms with Gasteiger partial charge in [0.05, 0.1) is 5.92 Å². The highest BCUT2D eigenvalue weighted by molar-refractivity contribution is 5.69. The number of hydrogen-bond donors (Lipinski definition) is 3. The predicted molar refractivity (Wildman–Crippen MR) is 29.6 cm³/mol. The number of carbonyl (C=O) groups is 1. The maximum absolute atomic E-state index is 10.0. The number of aliphatic hydroxyl groups excluding tert-OH is 1. The third-order valence-corrected chi connectivity index (χ3v) is 0.986. The van der Waals surface area contributed by atoms with Crippen molar-refractivity contribution in [1.29, 1.82) is 0 Å². The lowest BCUT2D eigenvalue weighted by Crippen LogP contribution is -2.17. The minimum absolute atomic E-state index is 0.116. The van der Waals surface area contributed by atoms with Crippen LogP contribution in [0.1, 0.15) is 13.3 Å². The third-order valence-electron chi connectivity index (χ3n) is 0.986. The van der Waals surface area contributed by atoms with Crippen LogP contribution in [0.3, 0.4) is 0 Å². The van der Waals surface area contributed by atoms with Gasteiger partial charge in [-0.2, -0.15) is 0 Å². The molecule has 54 valence electrons. The van der Waals surface area contributed by atoms with Crippen LogP contribution in [0.2, 0.25) is 0 Å². The van der Waals surface area contributed by atoms with E-state index in [-0.39, 0.29) is 6.42 Å². The molecule has 0 saturated heterocycles. The van der Waals surface area contributed by atoms with Crippen molar-refractivity contribution in [3.63, 3.8) is 0 Å². The number of carboxylic acids is 1. The minimum atomic E-state index is -1.52. The molecule has 0 unspecified atom stereocenters. The van der Waals surface area contributed by atoms with E-state index in [2.05, 4.69) is 0 Å². The summed E-state index contributed by atoms with van der Waals surface area (Å²) in [7, 11) is 0. The lowest BCUT2D eigenvalue weighted by atomic mass is 10.1. The van der Waals surface area contributed by atoms with E-state index in [1.54, 1.807) is 0 Å². The van der Waals surface area contributed by atoms with Gasteiger partial charge in [0.25, 0.3) is 0 Å². The number of rotatable bonds is 3. The van der Waals surface area contributed by atoms with Gasteiger partial charge in [0.15, 0.2) is 6.29 Å². The molecule has 0 bridgehead atoms. The molecule has 0 aliphatic rings. The van der Waals surface area contributed by atoms with Crippen LogP contribution in [0.15, 0.2) is 0 Å². The molecule has 0 amide bonds. The molecule has 0 aromatic rings. The lowest BCUT2D eigenvalue weighted by molar-refractivity contribution is -0.145. The molecule has 0 aromatic carbocycles. The molecule has 0 saturated carbocycles. The van der Waals surface area contributed by atoms with E-state index >= 15 is 0 Å². The average molecular weight is 134 g/mol. The Morgan fingerprint density at radius 3 is 2.11 bits per heavy atom. The van der Waals surface area contributed by atoms with Gasteiger partial charge in [0.2, 0.25) is 0 Å². The Morgan fingerprint density at radius 1 is 1.56 bits per heavy atom. The molecule has 1 atom stereocenters. The van der Waals surface area contributed by atoms with Crippen molar-refractivity contribution in [1.82, 2.24) is 0 Å². The summed E-state index contributed by atoms with van der Waals surface area (Å²) in [5, 5.41) is 24.7. The molecular weight excluding hydrogens is 124 g/mol. The summed E-state index contributed by atoms with van der Waals surface area (Å²) in [4.78, 5) is 10.0. The van der Waals surface area contributed by atoms with Crippen LogP contribution in [0.4, 0.5) is 0 Å². The summed E-state index contributed by atoms with van der Waals surface area (Å²) in [5.41, 5.74) is 0. The van der Waals surface area contributed by atoms with Crippen LogP contribution in [0.25, 0.3) is 0 Å². The monoisotopic (exact) mass is 134 g/mol. The van der Waals surface area contributed by atoms with E-state index in [1.165, 1.54) is 6.92 Å².